The Labute approximate surface area is 251 Å². The van der Waals surface area contributed by atoms with E-state index in [4.69, 9.17) is 0 Å². The molecule has 14 heteroatoms. The van der Waals surface area contributed by atoms with Crippen molar-refractivity contribution in [3.63, 3.8) is 0 Å². The molecule has 2 aromatic rings. The Morgan fingerprint density at radius 3 is 2.46 bits per heavy atom. The van der Waals surface area contributed by atoms with Gasteiger partial charge in [-0.1, -0.05) is 0 Å². The molecule has 1 aromatic heterocycles. The smallest absolute Gasteiger partial charge is 1.00 e. The van der Waals surface area contributed by atoms with E-state index in [1.807, 2.05) is 30.6 Å². The number of carboxylic acid groups (broad SMARTS) is 2. The number of carbonyl (C=O) groups is 3. The maximum absolute atomic E-state index is 15.1. The Kier molecular flexibility index (Phi) is 8.10. The second-order valence-corrected chi connectivity index (χ2v) is 11.9. The maximum Gasteiger partial charge on any atom is 1.00 e. The van der Waals surface area contributed by atoms with E-state index in [1.54, 1.807) is 17.0 Å². The van der Waals surface area contributed by atoms with Gasteiger partial charge in [-0.3, -0.25) is 14.6 Å². The quantitative estimate of drug-likeness (QED) is 0.187. The molecule has 3 aliphatic heterocycles. The number of aliphatic carboxylic acids is 1. The number of aliphatic imine (C=N–C) groups is 1. The van der Waals surface area contributed by atoms with Crippen LogP contribution in [-0.4, -0.2) is 97.1 Å². The van der Waals surface area contributed by atoms with Gasteiger partial charge in [-0.2, -0.15) is 0 Å². The third-order valence-corrected chi connectivity index (χ3v) is 8.97. The second-order valence-electron chi connectivity index (χ2n) is 10.1. The SMILES string of the molecule is CCn1cc(C(=O)O)c(=O)c2cc(F)c(N3CCN(C=NC4C(=O)N5C4SC(C)(C)C5C(=O)O)CC3)cc21.[H-].[Na+]. The van der Waals surface area contributed by atoms with Gasteiger partial charge >= 0.3 is 41.5 Å². The van der Waals surface area contributed by atoms with Crippen LogP contribution in [0.25, 0.3) is 10.9 Å². The molecule has 5 rings (SSSR count). The Balaban J connectivity index is 0.00000220. The van der Waals surface area contributed by atoms with Crippen molar-refractivity contribution in [1.29, 1.82) is 0 Å². The average molecular weight is 570 g/mol. The third kappa shape index (κ3) is 4.94. The Morgan fingerprint density at radius 2 is 1.87 bits per heavy atom. The first-order chi connectivity index (χ1) is 17.9. The van der Waals surface area contributed by atoms with Gasteiger partial charge in [-0.05, 0) is 32.9 Å². The Hall–Kier alpha value is -2.61. The van der Waals surface area contributed by atoms with Crippen LogP contribution in [0.3, 0.4) is 0 Å². The molecule has 1 amide bonds. The number of hydrogen-bond acceptors (Lipinski definition) is 7. The van der Waals surface area contributed by atoms with Crippen LogP contribution < -0.4 is 39.9 Å². The predicted octanol–water partition coefficient (Wildman–Crippen LogP) is -1.36. The molecule has 11 nitrogen and oxygen atoms in total. The number of nitrogens with zero attached hydrogens (tertiary/aromatic N) is 5. The number of rotatable bonds is 6. The molecule has 0 aliphatic carbocycles. The van der Waals surface area contributed by atoms with Crippen molar-refractivity contribution in [2.75, 3.05) is 31.1 Å². The van der Waals surface area contributed by atoms with Crippen molar-refractivity contribution < 1.29 is 60.0 Å². The van der Waals surface area contributed by atoms with Gasteiger partial charge in [-0.25, -0.2) is 14.0 Å². The third-order valence-electron chi connectivity index (χ3n) is 7.41. The molecule has 39 heavy (non-hydrogen) atoms. The molecule has 0 spiro atoms. The average Bonchev–Trinajstić information content (AvgIpc) is 3.12. The van der Waals surface area contributed by atoms with Crippen LogP contribution in [0.4, 0.5) is 10.1 Å². The minimum Gasteiger partial charge on any atom is -1.00 e. The molecule has 3 fully saturated rings. The summed E-state index contributed by atoms with van der Waals surface area (Å²) in [4.78, 5) is 58.0. The summed E-state index contributed by atoms with van der Waals surface area (Å²) in [5, 5.41) is 18.6. The number of halogens is 1. The number of pyridine rings is 1. The summed E-state index contributed by atoms with van der Waals surface area (Å²) in [6.45, 7) is 7.83. The molecule has 4 heterocycles. The molecular formula is C25H29FN5NaO6S. The largest absolute Gasteiger partial charge is 1.00 e. The fourth-order valence-corrected chi connectivity index (χ4v) is 7.05. The van der Waals surface area contributed by atoms with Crippen LogP contribution in [0.5, 0.6) is 0 Å². The summed E-state index contributed by atoms with van der Waals surface area (Å²) >= 11 is 1.44. The van der Waals surface area contributed by atoms with E-state index in [0.717, 1.165) is 6.07 Å². The normalized spacial score (nSPS) is 24.1. The molecule has 3 atom stereocenters. The van der Waals surface area contributed by atoms with Gasteiger partial charge in [-0.15, -0.1) is 11.8 Å². The number of carbonyl (C=O) groups excluding carboxylic acids is 1. The number of carboxylic acids is 2. The first-order valence-corrected chi connectivity index (χ1v) is 13.2. The summed E-state index contributed by atoms with van der Waals surface area (Å²) in [6.07, 6.45) is 2.91. The number of thioether (sulfide) groups is 1. The molecule has 3 aliphatic rings. The zero-order valence-corrected chi connectivity index (χ0v) is 24.9. The number of aryl methyl sites for hydroxylation is 1. The summed E-state index contributed by atoms with van der Waals surface area (Å²) in [6, 6.07) is 1.20. The van der Waals surface area contributed by atoms with E-state index >= 15 is 4.39 Å². The van der Waals surface area contributed by atoms with Gasteiger partial charge in [0.25, 0.3) is 5.91 Å². The van der Waals surface area contributed by atoms with Gasteiger partial charge < -0.3 is 30.9 Å². The topological polar surface area (TPSA) is 136 Å². The van der Waals surface area contributed by atoms with Crippen LogP contribution in [0.15, 0.2) is 28.1 Å². The van der Waals surface area contributed by atoms with Crippen LogP contribution in [-0.2, 0) is 16.1 Å². The maximum atomic E-state index is 15.1. The molecule has 0 saturated carbocycles. The number of piperazine rings is 1. The summed E-state index contributed by atoms with van der Waals surface area (Å²) in [7, 11) is 0. The van der Waals surface area contributed by atoms with E-state index in [2.05, 4.69) is 4.99 Å². The zero-order valence-electron chi connectivity index (χ0n) is 23.1. The van der Waals surface area contributed by atoms with Crippen molar-refractivity contribution in [3.8, 4) is 0 Å². The molecule has 3 saturated heterocycles. The standard InChI is InChI=1S/C25H28FN5O6S.Na.H/c1-4-29-11-14(23(34)35)19(32)13-9-15(26)17(10-16(13)29)30-7-5-28(6-8-30)12-27-18-21(33)31-20(24(36)37)25(2,3)38-22(18)31;;/h9-12,18,20,22H,4-8H2,1-3H3,(H,34,35)(H,36,37);;/q;+1;-1. The molecule has 2 N–H and O–H groups in total. The van der Waals surface area contributed by atoms with E-state index in [1.165, 1.54) is 22.9 Å². The molecule has 0 bridgehead atoms. The van der Waals surface area contributed by atoms with Crippen molar-refractivity contribution in [2.24, 2.45) is 4.99 Å². The minimum atomic E-state index is -1.35. The molecule has 0 radical (unpaired) electrons. The van der Waals surface area contributed by atoms with E-state index < -0.39 is 45.6 Å². The van der Waals surface area contributed by atoms with Crippen molar-refractivity contribution in [2.45, 2.75) is 49.5 Å². The van der Waals surface area contributed by atoms with Gasteiger partial charge in [0.05, 0.1) is 17.5 Å². The predicted molar refractivity (Wildman–Crippen MR) is 142 cm³/mol. The number of amides is 1. The summed E-state index contributed by atoms with van der Waals surface area (Å²) < 4.78 is 16.1. The number of aromatic carboxylic acids is 1. The Bertz CT molecular complexity index is 1450. The fourth-order valence-electron chi connectivity index (χ4n) is 5.43. The number of hydrogen-bond donors (Lipinski definition) is 2. The number of benzene rings is 1. The van der Waals surface area contributed by atoms with Crippen LogP contribution >= 0.6 is 11.8 Å². The van der Waals surface area contributed by atoms with E-state index in [0.29, 0.717) is 43.9 Å². The first kappa shape index (κ1) is 29.4. The van der Waals surface area contributed by atoms with E-state index in [-0.39, 0.29) is 47.7 Å². The van der Waals surface area contributed by atoms with Crippen molar-refractivity contribution in [1.82, 2.24) is 14.4 Å². The van der Waals surface area contributed by atoms with Gasteiger partial charge in [0, 0.05) is 49.1 Å². The first-order valence-electron chi connectivity index (χ1n) is 12.3. The number of β-lactam (4-membered cyclic amide) rings is 1. The van der Waals surface area contributed by atoms with Gasteiger partial charge in [0.15, 0.2) is 6.04 Å². The number of fused-ring (bicyclic) bond motifs is 2. The van der Waals surface area contributed by atoms with Crippen molar-refractivity contribution >= 4 is 52.5 Å². The Morgan fingerprint density at radius 1 is 1.21 bits per heavy atom. The number of aromatic nitrogens is 1. The van der Waals surface area contributed by atoms with Gasteiger partial charge in [0.1, 0.15) is 22.8 Å². The number of anilines is 1. The monoisotopic (exact) mass is 569 g/mol. The van der Waals surface area contributed by atoms with Gasteiger partial charge in [0.2, 0.25) is 5.43 Å². The molecular weight excluding hydrogens is 540 g/mol. The van der Waals surface area contributed by atoms with E-state index in [9.17, 15) is 29.4 Å². The zero-order chi connectivity index (χ0) is 27.5. The minimum absolute atomic E-state index is 0. The van der Waals surface area contributed by atoms with Crippen LogP contribution in [0.1, 0.15) is 32.6 Å². The summed E-state index contributed by atoms with van der Waals surface area (Å²) in [5.74, 6) is -3.26. The van der Waals surface area contributed by atoms with Crippen molar-refractivity contribution in [3.05, 3.63) is 39.9 Å². The molecule has 204 valence electrons. The fraction of sp³-hybridized carbons (Fsp3) is 0.480. The summed E-state index contributed by atoms with van der Waals surface area (Å²) in [5.41, 5.74) is -0.322. The molecule has 3 unspecified atom stereocenters. The van der Waals surface area contributed by atoms with Crippen LogP contribution in [0, 0.1) is 5.82 Å². The molecule has 1 aromatic carbocycles. The second kappa shape index (κ2) is 10.8. The van der Waals surface area contributed by atoms with Crippen LogP contribution in [0.2, 0.25) is 0 Å².